The van der Waals surface area contributed by atoms with Crippen molar-refractivity contribution in [3.8, 4) is 0 Å². The molecule has 0 aliphatic heterocycles. The van der Waals surface area contributed by atoms with Crippen LogP contribution in [-0.2, 0) is 0 Å². The predicted molar refractivity (Wildman–Crippen MR) is 275 cm³/mol. The Morgan fingerprint density at radius 3 is 0.567 bits per heavy atom. The van der Waals surface area contributed by atoms with E-state index < -0.39 is 0 Å². The maximum Gasteiger partial charge on any atom is 0.00793 e. The summed E-state index contributed by atoms with van der Waals surface area (Å²) in [5.41, 5.74) is 0. The standard InChI is InChI=1S/C56H118N4/c1-5-9-13-17-21-25-27-31-35-39-43-47-56(48-44-40-36-32-28-26-22-18-14-10-6-2)60-54-52-58-50-49-57-51-53-59-55(45-41-37-33-29-23-19-15-11-7-3)46-42-38-34-30-24-20-16-12-8-4/h55-60H,5-54H2,1-4H3. The van der Waals surface area contributed by atoms with E-state index >= 15 is 0 Å². The van der Waals surface area contributed by atoms with Crippen LogP contribution in [0.3, 0.4) is 0 Å². The van der Waals surface area contributed by atoms with Crippen LogP contribution in [0.4, 0.5) is 0 Å². The van der Waals surface area contributed by atoms with Crippen molar-refractivity contribution >= 4 is 0 Å². The summed E-state index contributed by atoms with van der Waals surface area (Å²) in [6.45, 7) is 15.8. The van der Waals surface area contributed by atoms with E-state index in [0.717, 1.165) is 39.3 Å². The molecule has 4 N–H and O–H groups in total. The third-order valence-electron chi connectivity index (χ3n) is 13.6. The molecule has 0 atom stereocenters. The van der Waals surface area contributed by atoms with E-state index in [4.69, 9.17) is 0 Å². The number of unbranched alkanes of at least 4 members (excludes halogenated alkanes) is 36. The molecule has 0 heterocycles. The lowest BCUT2D eigenvalue weighted by Gasteiger charge is -2.20. The van der Waals surface area contributed by atoms with Crippen LogP contribution in [-0.4, -0.2) is 51.4 Å². The molecular formula is C56H118N4. The Labute approximate surface area is 381 Å². The van der Waals surface area contributed by atoms with Crippen molar-refractivity contribution in [2.45, 2.75) is 322 Å². The van der Waals surface area contributed by atoms with Crippen LogP contribution < -0.4 is 21.3 Å². The second kappa shape index (κ2) is 55.0. The molecule has 0 saturated heterocycles. The zero-order chi connectivity index (χ0) is 43.3. The number of hydrogen-bond acceptors (Lipinski definition) is 4. The fraction of sp³-hybridized carbons (Fsp3) is 1.00. The summed E-state index contributed by atoms with van der Waals surface area (Å²) >= 11 is 0. The highest BCUT2D eigenvalue weighted by molar-refractivity contribution is 4.71. The maximum atomic E-state index is 4.00. The van der Waals surface area contributed by atoms with Gasteiger partial charge in [-0.1, -0.05) is 285 Å². The summed E-state index contributed by atoms with van der Waals surface area (Å²) in [5.74, 6) is 0. The van der Waals surface area contributed by atoms with Gasteiger partial charge >= 0.3 is 0 Å². The molecule has 0 radical (unpaired) electrons. The van der Waals surface area contributed by atoms with Gasteiger partial charge < -0.3 is 21.3 Å². The van der Waals surface area contributed by atoms with Crippen LogP contribution in [0.1, 0.15) is 310 Å². The maximum absolute atomic E-state index is 4.00. The van der Waals surface area contributed by atoms with Gasteiger partial charge in [-0.25, -0.2) is 0 Å². The van der Waals surface area contributed by atoms with Crippen molar-refractivity contribution in [2.24, 2.45) is 0 Å². The van der Waals surface area contributed by atoms with Gasteiger partial charge in [-0.15, -0.1) is 0 Å². The van der Waals surface area contributed by atoms with Crippen LogP contribution >= 0.6 is 0 Å². The molecule has 0 rings (SSSR count). The van der Waals surface area contributed by atoms with Crippen molar-refractivity contribution in [2.75, 3.05) is 39.3 Å². The molecule has 0 amide bonds. The summed E-state index contributed by atoms with van der Waals surface area (Å²) < 4.78 is 0. The first kappa shape index (κ1) is 59.8. The molecule has 0 aliphatic rings. The zero-order valence-corrected chi connectivity index (χ0v) is 42.5. The van der Waals surface area contributed by atoms with E-state index in [1.54, 1.807) is 0 Å². The summed E-state index contributed by atoms with van der Waals surface area (Å²) in [7, 11) is 0. The Bertz CT molecular complexity index is 682. The van der Waals surface area contributed by atoms with E-state index in [-0.39, 0.29) is 0 Å². The van der Waals surface area contributed by atoms with E-state index in [1.807, 2.05) is 0 Å². The van der Waals surface area contributed by atoms with Gasteiger partial charge in [0.25, 0.3) is 0 Å². The van der Waals surface area contributed by atoms with Crippen LogP contribution in [0.5, 0.6) is 0 Å². The lowest BCUT2D eigenvalue weighted by Crippen LogP contribution is -2.39. The Morgan fingerprint density at radius 2 is 0.367 bits per heavy atom. The molecule has 60 heavy (non-hydrogen) atoms. The molecule has 0 unspecified atom stereocenters. The average Bonchev–Trinajstić information content (AvgIpc) is 3.26. The first-order valence-electron chi connectivity index (χ1n) is 28.7. The monoisotopic (exact) mass is 847 g/mol. The number of rotatable bonds is 55. The topological polar surface area (TPSA) is 48.1 Å². The third kappa shape index (κ3) is 50.5. The first-order chi connectivity index (χ1) is 29.8. The van der Waals surface area contributed by atoms with Crippen molar-refractivity contribution < 1.29 is 0 Å². The molecule has 0 fully saturated rings. The Kier molecular flexibility index (Phi) is 54.8. The largest absolute Gasteiger partial charge is 0.314 e. The number of hydrogen-bond donors (Lipinski definition) is 4. The van der Waals surface area contributed by atoms with Gasteiger partial charge in [0.05, 0.1) is 0 Å². The van der Waals surface area contributed by atoms with Crippen LogP contribution in [0, 0.1) is 0 Å². The van der Waals surface area contributed by atoms with Gasteiger partial charge in [0.2, 0.25) is 0 Å². The Morgan fingerprint density at radius 1 is 0.200 bits per heavy atom. The minimum atomic E-state index is 0.715. The third-order valence-corrected chi connectivity index (χ3v) is 13.6. The summed E-state index contributed by atoms with van der Waals surface area (Å²) in [6.07, 6.45) is 63.0. The number of nitrogens with one attached hydrogen (secondary N) is 4. The van der Waals surface area contributed by atoms with Crippen molar-refractivity contribution in [3.63, 3.8) is 0 Å². The highest BCUT2D eigenvalue weighted by Gasteiger charge is 2.10. The van der Waals surface area contributed by atoms with Gasteiger partial charge in [0.15, 0.2) is 0 Å². The molecule has 0 bridgehead atoms. The smallest absolute Gasteiger partial charge is 0.00793 e. The van der Waals surface area contributed by atoms with Crippen LogP contribution in [0.2, 0.25) is 0 Å². The molecule has 4 heteroatoms. The lowest BCUT2D eigenvalue weighted by atomic mass is 9.99. The van der Waals surface area contributed by atoms with Gasteiger partial charge in [-0.2, -0.15) is 0 Å². The van der Waals surface area contributed by atoms with Crippen molar-refractivity contribution in [3.05, 3.63) is 0 Å². The van der Waals surface area contributed by atoms with E-state index in [9.17, 15) is 0 Å². The van der Waals surface area contributed by atoms with Gasteiger partial charge in [-0.05, 0) is 25.7 Å². The average molecular weight is 848 g/mol. The van der Waals surface area contributed by atoms with E-state index in [2.05, 4.69) is 49.0 Å². The summed E-state index contributed by atoms with van der Waals surface area (Å²) in [5, 5.41) is 15.5. The van der Waals surface area contributed by atoms with Gasteiger partial charge in [0, 0.05) is 51.4 Å². The fourth-order valence-electron chi connectivity index (χ4n) is 9.37. The minimum absolute atomic E-state index is 0.715. The molecule has 0 saturated carbocycles. The quantitative estimate of drug-likeness (QED) is 0.0461. The van der Waals surface area contributed by atoms with E-state index in [1.165, 1.54) is 283 Å². The summed E-state index contributed by atoms with van der Waals surface area (Å²) in [4.78, 5) is 0. The predicted octanol–water partition coefficient (Wildman–Crippen LogP) is 17.3. The molecule has 0 spiro atoms. The van der Waals surface area contributed by atoms with Gasteiger partial charge in [-0.3, -0.25) is 0 Å². The molecular weight excluding hydrogens is 729 g/mol. The fourth-order valence-corrected chi connectivity index (χ4v) is 9.37. The Balaban J connectivity index is 4.29. The van der Waals surface area contributed by atoms with Crippen molar-refractivity contribution in [1.29, 1.82) is 0 Å². The second-order valence-corrected chi connectivity index (χ2v) is 19.7. The second-order valence-electron chi connectivity index (χ2n) is 19.7. The normalized spacial score (nSPS) is 11.9. The zero-order valence-electron chi connectivity index (χ0n) is 42.5. The molecule has 4 nitrogen and oxygen atoms in total. The molecule has 0 aromatic rings. The SMILES string of the molecule is CCCCCCCCCCCCCC(CCCCCCCCCCCCC)NCCNCCNCCNC(CCCCCCCCCCC)CCCCCCCCCCC. The van der Waals surface area contributed by atoms with Crippen LogP contribution in [0.25, 0.3) is 0 Å². The molecule has 0 aromatic heterocycles. The minimum Gasteiger partial charge on any atom is -0.314 e. The van der Waals surface area contributed by atoms with Gasteiger partial charge in [0.1, 0.15) is 0 Å². The molecule has 0 aromatic carbocycles. The summed E-state index contributed by atoms with van der Waals surface area (Å²) in [6, 6.07) is 1.43. The van der Waals surface area contributed by atoms with E-state index in [0.29, 0.717) is 12.1 Å². The molecule has 0 aliphatic carbocycles. The highest BCUT2D eigenvalue weighted by atomic mass is 15.0. The first-order valence-corrected chi connectivity index (χ1v) is 28.7. The van der Waals surface area contributed by atoms with Crippen LogP contribution in [0.15, 0.2) is 0 Å². The molecule has 362 valence electrons. The van der Waals surface area contributed by atoms with Crippen molar-refractivity contribution in [1.82, 2.24) is 21.3 Å². The highest BCUT2D eigenvalue weighted by Crippen LogP contribution is 2.18. The Hall–Kier alpha value is -0.160. The lowest BCUT2D eigenvalue weighted by molar-refractivity contribution is 0.405.